The molecule has 0 bridgehead atoms. The van der Waals surface area contributed by atoms with Crippen LogP contribution in [0.2, 0.25) is 0 Å². The third kappa shape index (κ3) is 3.57. The van der Waals surface area contributed by atoms with Crippen LogP contribution in [0.3, 0.4) is 0 Å². The van der Waals surface area contributed by atoms with Gasteiger partial charge >= 0.3 is 13.1 Å². The third-order valence-corrected chi connectivity index (χ3v) is 2.84. The molecule has 0 aliphatic heterocycles. The average Bonchev–Trinajstić information content (AvgIpc) is 2.46. The highest BCUT2D eigenvalue weighted by Crippen LogP contribution is 2.10. The van der Waals surface area contributed by atoms with Crippen LogP contribution < -0.4 is 5.46 Å². The van der Waals surface area contributed by atoms with Gasteiger partial charge in [0.05, 0.1) is 5.56 Å². The Hall–Kier alpha value is -2.37. The fraction of sp³-hybridized carbons (Fsp3) is 0. The first-order valence-electron chi connectivity index (χ1n) is 6.04. The Kier molecular flexibility index (Phi) is 4.35. The molecule has 3 N–H and O–H groups in total. The van der Waals surface area contributed by atoms with Gasteiger partial charge in [0, 0.05) is 0 Å². The maximum Gasteiger partial charge on any atom is 0.488 e. The van der Waals surface area contributed by atoms with Crippen molar-refractivity contribution in [1.29, 1.82) is 0 Å². The number of hydrogen-bond acceptors (Lipinski definition) is 3. The highest BCUT2D eigenvalue weighted by atomic mass is 16.4. The van der Waals surface area contributed by atoms with E-state index >= 15 is 0 Å². The Morgan fingerprint density at radius 2 is 1.60 bits per heavy atom. The lowest BCUT2D eigenvalue weighted by Crippen LogP contribution is -2.29. The molecule has 2 rings (SSSR count). The standard InChI is InChI=1S/C15H13BO4/c17-15(18)13-3-1-2-12(10-13)5-4-11-6-8-14(9-7-11)16(19)20/h1-10,19-20H,(H,17,18). The van der Waals surface area contributed by atoms with E-state index in [2.05, 4.69) is 0 Å². The van der Waals surface area contributed by atoms with Gasteiger partial charge < -0.3 is 15.2 Å². The van der Waals surface area contributed by atoms with Gasteiger partial charge in [0.25, 0.3) is 0 Å². The molecular weight excluding hydrogens is 255 g/mol. The molecular formula is C15H13BO4. The number of hydrogen-bond donors (Lipinski definition) is 3. The van der Waals surface area contributed by atoms with Crippen LogP contribution in [0.25, 0.3) is 12.2 Å². The second kappa shape index (κ2) is 6.19. The number of carboxylic acids is 1. The normalized spacial score (nSPS) is 10.7. The van der Waals surface area contributed by atoms with Crippen LogP contribution in [0, 0.1) is 0 Å². The topological polar surface area (TPSA) is 77.8 Å². The minimum Gasteiger partial charge on any atom is -0.478 e. The zero-order valence-electron chi connectivity index (χ0n) is 10.6. The van der Waals surface area contributed by atoms with E-state index in [1.54, 1.807) is 42.5 Å². The van der Waals surface area contributed by atoms with E-state index in [1.807, 2.05) is 12.1 Å². The van der Waals surface area contributed by atoms with E-state index in [0.29, 0.717) is 5.46 Å². The van der Waals surface area contributed by atoms with Crippen molar-refractivity contribution >= 4 is 30.7 Å². The summed E-state index contributed by atoms with van der Waals surface area (Å²) in [4.78, 5) is 10.9. The maximum absolute atomic E-state index is 10.9. The van der Waals surface area contributed by atoms with Crippen LogP contribution in [0.15, 0.2) is 48.5 Å². The van der Waals surface area contributed by atoms with E-state index in [4.69, 9.17) is 15.2 Å². The third-order valence-electron chi connectivity index (χ3n) is 2.84. The molecule has 5 heteroatoms. The van der Waals surface area contributed by atoms with Gasteiger partial charge in [-0.05, 0) is 28.7 Å². The molecule has 2 aromatic rings. The molecule has 0 fully saturated rings. The summed E-state index contributed by atoms with van der Waals surface area (Å²) < 4.78 is 0. The van der Waals surface area contributed by atoms with Crippen molar-refractivity contribution in [3.8, 4) is 0 Å². The molecule has 0 saturated heterocycles. The summed E-state index contributed by atoms with van der Waals surface area (Å²) in [5.41, 5.74) is 2.34. The second-order valence-electron chi connectivity index (χ2n) is 4.30. The van der Waals surface area contributed by atoms with E-state index in [1.165, 1.54) is 6.07 Å². The summed E-state index contributed by atoms with van der Waals surface area (Å²) in [5.74, 6) is -0.957. The van der Waals surface area contributed by atoms with Crippen LogP contribution in [0.1, 0.15) is 21.5 Å². The molecule has 0 aliphatic carbocycles. The first-order chi connectivity index (χ1) is 9.56. The quantitative estimate of drug-likeness (QED) is 0.575. The first kappa shape index (κ1) is 14.1. The smallest absolute Gasteiger partial charge is 0.478 e. The molecule has 20 heavy (non-hydrogen) atoms. The summed E-state index contributed by atoms with van der Waals surface area (Å²) in [6, 6.07) is 13.4. The van der Waals surface area contributed by atoms with Crippen molar-refractivity contribution < 1.29 is 19.9 Å². The molecule has 4 nitrogen and oxygen atoms in total. The summed E-state index contributed by atoms with van der Waals surface area (Å²) in [6.07, 6.45) is 3.63. The van der Waals surface area contributed by atoms with Crippen molar-refractivity contribution in [2.45, 2.75) is 0 Å². The predicted molar refractivity (Wildman–Crippen MR) is 78.6 cm³/mol. The van der Waals surface area contributed by atoms with Crippen molar-refractivity contribution in [3.63, 3.8) is 0 Å². The summed E-state index contributed by atoms with van der Waals surface area (Å²) in [7, 11) is -1.47. The number of benzene rings is 2. The lowest BCUT2D eigenvalue weighted by atomic mass is 9.80. The van der Waals surface area contributed by atoms with Gasteiger partial charge in [0.15, 0.2) is 0 Å². The van der Waals surface area contributed by atoms with Gasteiger partial charge in [0.1, 0.15) is 0 Å². The number of carbonyl (C=O) groups is 1. The van der Waals surface area contributed by atoms with Crippen LogP contribution in [0.5, 0.6) is 0 Å². The largest absolute Gasteiger partial charge is 0.488 e. The van der Waals surface area contributed by atoms with E-state index < -0.39 is 13.1 Å². The van der Waals surface area contributed by atoms with E-state index in [-0.39, 0.29) is 5.56 Å². The zero-order chi connectivity index (χ0) is 14.5. The molecule has 0 atom stereocenters. The Morgan fingerprint density at radius 3 is 2.20 bits per heavy atom. The molecule has 2 aromatic carbocycles. The predicted octanol–water partition coefficient (Wildman–Crippen LogP) is 1.23. The van der Waals surface area contributed by atoms with Crippen molar-refractivity contribution in [1.82, 2.24) is 0 Å². The Bertz CT molecular complexity index is 633. The lowest BCUT2D eigenvalue weighted by molar-refractivity contribution is 0.0697. The fourth-order valence-electron chi connectivity index (χ4n) is 1.75. The molecule has 0 radical (unpaired) electrons. The molecule has 100 valence electrons. The van der Waals surface area contributed by atoms with Crippen LogP contribution in [-0.4, -0.2) is 28.2 Å². The van der Waals surface area contributed by atoms with Crippen molar-refractivity contribution in [3.05, 3.63) is 65.2 Å². The SMILES string of the molecule is O=C(O)c1cccc(C=Cc2ccc(B(O)O)cc2)c1. The molecule has 0 heterocycles. The minimum atomic E-state index is -1.47. The Morgan fingerprint density at radius 1 is 0.950 bits per heavy atom. The second-order valence-corrected chi connectivity index (χ2v) is 4.30. The molecule has 0 aromatic heterocycles. The fourth-order valence-corrected chi connectivity index (χ4v) is 1.75. The van der Waals surface area contributed by atoms with Crippen molar-refractivity contribution in [2.24, 2.45) is 0 Å². The molecule has 0 saturated carbocycles. The van der Waals surface area contributed by atoms with Crippen LogP contribution in [0.4, 0.5) is 0 Å². The van der Waals surface area contributed by atoms with Gasteiger partial charge in [-0.3, -0.25) is 0 Å². The van der Waals surface area contributed by atoms with Crippen LogP contribution >= 0.6 is 0 Å². The monoisotopic (exact) mass is 268 g/mol. The summed E-state index contributed by atoms with van der Waals surface area (Å²) >= 11 is 0. The highest BCUT2D eigenvalue weighted by Gasteiger charge is 2.08. The molecule has 0 amide bonds. The van der Waals surface area contributed by atoms with E-state index in [9.17, 15) is 4.79 Å². The minimum absolute atomic E-state index is 0.242. The van der Waals surface area contributed by atoms with Gasteiger partial charge in [-0.2, -0.15) is 0 Å². The number of rotatable bonds is 4. The van der Waals surface area contributed by atoms with Crippen molar-refractivity contribution in [2.75, 3.05) is 0 Å². The Labute approximate surface area is 116 Å². The zero-order valence-corrected chi connectivity index (χ0v) is 10.6. The van der Waals surface area contributed by atoms with Gasteiger partial charge in [-0.1, -0.05) is 48.6 Å². The Balaban J connectivity index is 2.16. The molecule has 0 spiro atoms. The van der Waals surface area contributed by atoms with E-state index in [0.717, 1.165) is 11.1 Å². The first-order valence-corrected chi connectivity index (χ1v) is 6.04. The van der Waals surface area contributed by atoms with Crippen LogP contribution in [-0.2, 0) is 0 Å². The molecule has 0 unspecified atom stereocenters. The van der Waals surface area contributed by atoms with Gasteiger partial charge in [-0.15, -0.1) is 0 Å². The summed E-state index contributed by atoms with van der Waals surface area (Å²) in [5, 5.41) is 26.9. The molecule has 0 aliphatic rings. The van der Waals surface area contributed by atoms with Gasteiger partial charge in [-0.25, -0.2) is 4.79 Å². The maximum atomic E-state index is 10.9. The lowest BCUT2D eigenvalue weighted by Gasteiger charge is -2.00. The van der Waals surface area contributed by atoms with Gasteiger partial charge in [0.2, 0.25) is 0 Å². The number of carboxylic acid groups (broad SMARTS) is 1. The summed E-state index contributed by atoms with van der Waals surface area (Å²) in [6.45, 7) is 0. The average molecular weight is 268 g/mol. The highest BCUT2D eigenvalue weighted by molar-refractivity contribution is 6.58. The number of aromatic carboxylic acids is 1.